The van der Waals surface area contributed by atoms with Crippen LogP contribution in [0.5, 0.6) is 0 Å². The molecule has 0 heterocycles. The number of unbranched alkanes of at least 4 members (excludes halogenated alkanes) is 56. The van der Waals surface area contributed by atoms with Crippen LogP contribution in [0.2, 0.25) is 0 Å². The fourth-order valence-corrected chi connectivity index (χ4v) is 15.7. The Bertz CT molecular complexity index is 2100. The number of phosphoric ester groups is 2. The van der Waals surface area contributed by atoms with Crippen LogP contribution in [0.1, 0.15) is 479 Å². The Hall–Kier alpha value is -1.94. The van der Waals surface area contributed by atoms with Crippen molar-refractivity contribution in [3.05, 3.63) is 0 Å². The first-order valence-corrected chi connectivity index (χ1v) is 49.3. The molecule has 0 aromatic carbocycles. The molecular formula is C90H176O17P2. The first-order valence-electron chi connectivity index (χ1n) is 46.3. The van der Waals surface area contributed by atoms with E-state index < -0.39 is 97.5 Å². The van der Waals surface area contributed by atoms with Gasteiger partial charge in [0.1, 0.15) is 19.3 Å². The fourth-order valence-electron chi connectivity index (χ4n) is 14.1. The van der Waals surface area contributed by atoms with Crippen LogP contribution in [-0.2, 0) is 65.4 Å². The van der Waals surface area contributed by atoms with Crippen molar-refractivity contribution < 1.29 is 80.2 Å². The lowest BCUT2D eigenvalue weighted by Gasteiger charge is -2.21. The molecule has 0 rings (SSSR count). The lowest BCUT2D eigenvalue weighted by molar-refractivity contribution is -0.161. The highest BCUT2D eigenvalue weighted by molar-refractivity contribution is 7.47. The third-order valence-corrected chi connectivity index (χ3v) is 23.0. The van der Waals surface area contributed by atoms with Gasteiger partial charge in [0.25, 0.3) is 0 Å². The van der Waals surface area contributed by atoms with E-state index in [1.807, 2.05) is 0 Å². The van der Waals surface area contributed by atoms with Gasteiger partial charge >= 0.3 is 39.5 Å². The number of hydrogen-bond donors (Lipinski definition) is 3. The van der Waals surface area contributed by atoms with Crippen molar-refractivity contribution in [2.24, 2.45) is 17.8 Å². The molecule has 0 aliphatic rings. The summed E-state index contributed by atoms with van der Waals surface area (Å²) in [5.41, 5.74) is 0. The summed E-state index contributed by atoms with van der Waals surface area (Å²) < 4.78 is 69.0. The van der Waals surface area contributed by atoms with E-state index in [1.165, 1.54) is 289 Å². The van der Waals surface area contributed by atoms with Crippen LogP contribution in [-0.4, -0.2) is 96.7 Å². The van der Waals surface area contributed by atoms with E-state index in [9.17, 15) is 43.2 Å². The molecule has 5 atom stereocenters. The minimum atomic E-state index is -4.97. The maximum atomic E-state index is 13.2. The monoisotopic (exact) mass is 1590 g/mol. The molecule has 648 valence electrons. The summed E-state index contributed by atoms with van der Waals surface area (Å²) in [6.45, 7) is 12.0. The van der Waals surface area contributed by atoms with Crippen molar-refractivity contribution in [3.8, 4) is 0 Å². The summed E-state index contributed by atoms with van der Waals surface area (Å²) in [5, 5.41) is 10.7. The van der Waals surface area contributed by atoms with E-state index in [1.54, 1.807) is 0 Å². The molecule has 0 aliphatic heterocycles. The molecule has 0 amide bonds. The van der Waals surface area contributed by atoms with E-state index in [4.69, 9.17) is 37.0 Å². The molecule has 19 heteroatoms. The molecule has 109 heavy (non-hydrogen) atoms. The average molecular weight is 1590 g/mol. The highest BCUT2D eigenvalue weighted by Crippen LogP contribution is 2.45. The molecule has 0 radical (unpaired) electrons. The van der Waals surface area contributed by atoms with Crippen molar-refractivity contribution in [3.63, 3.8) is 0 Å². The minimum absolute atomic E-state index is 0.107. The number of phosphoric acid groups is 2. The van der Waals surface area contributed by atoms with Crippen LogP contribution >= 0.6 is 15.6 Å². The lowest BCUT2D eigenvalue weighted by atomic mass is 10.0. The highest BCUT2D eigenvalue weighted by atomic mass is 31.2. The Morgan fingerprint density at radius 1 is 0.248 bits per heavy atom. The SMILES string of the molecule is CCCCCCCCCCCCCCCCCCCCCCCCC(=O)O[C@H](COC(=O)CCCCCCCCCCCCCCCCCCC(C)C)COP(=O)(O)OC[C@@H](O)COP(=O)(O)OC[C@@H](COC(=O)CCCCCCCCCCC(C)C)OC(=O)CCCCCCCCCCCCCCCCC(C)C. The average Bonchev–Trinajstić information content (AvgIpc) is 0.899. The largest absolute Gasteiger partial charge is 0.472 e. The first-order chi connectivity index (χ1) is 52.7. The molecular weight excluding hydrogens is 1410 g/mol. The molecule has 0 aromatic heterocycles. The molecule has 0 fully saturated rings. The Morgan fingerprint density at radius 3 is 0.624 bits per heavy atom. The topological polar surface area (TPSA) is 237 Å². The van der Waals surface area contributed by atoms with Crippen LogP contribution in [0, 0.1) is 17.8 Å². The highest BCUT2D eigenvalue weighted by Gasteiger charge is 2.31. The number of rotatable bonds is 88. The maximum Gasteiger partial charge on any atom is 0.472 e. The van der Waals surface area contributed by atoms with Gasteiger partial charge in [-0.1, -0.05) is 427 Å². The van der Waals surface area contributed by atoms with Crippen molar-refractivity contribution >= 4 is 39.5 Å². The summed E-state index contributed by atoms with van der Waals surface area (Å²) in [4.78, 5) is 73.4. The summed E-state index contributed by atoms with van der Waals surface area (Å²) in [6.07, 6.45) is 72.4. The van der Waals surface area contributed by atoms with Gasteiger partial charge in [-0.25, -0.2) is 9.13 Å². The second-order valence-corrected chi connectivity index (χ2v) is 36.7. The van der Waals surface area contributed by atoms with Crippen LogP contribution in [0.25, 0.3) is 0 Å². The number of aliphatic hydroxyl groups excluding tert-OH is 1. The number of carbonyl (C=O) groups is 4. The van der Waals surface area contributed by atoms with Gasteiger partial charge in [0.05, 0.1) is 26.4 Å². The van der Waals surface area contributed by atoms with Gasteiger partial charge in [-0.15, -0.1) is 0 Å². The van der Waals surface area contributed by atoms with Gasteiger partial charge < -0.3 is 33.8 Å². The molecule has 0 saturated heterocycles. The predicted molar refractivity (Wildman–Crippen MR) is 451 cm³/mol. The number of carbonyl (C=O) groups excluding carboxylic acids is 4. The Kier molecular flexibility index (Phi) is 78.5. The van der Waals surface area contributed by atoms with Gasteiger partial charge in [0, 0.05) is 25.7 Å². The van der Waals surface area contributed by atoms with E-state index in [0.717, 1.165) is 108 Å². The summed E-state index contributed by atoms with van der Waals surface area (Å²) in [6, 6.07) is 0. The smallest absolute Gasteiger partial charge is 0.462 e. The third kappa shape index (κ3) is 83.8. The number of aliphatic hydroxyl groups is 1. The van der Waals surface area contributed by atoms with E-state index >= 15 is 0 Å². The zero-order chi connectivity index (χ0) is 80.0. The Morgan fingerprint density at radius 2 is 0.422 bits per heavy atom. The van der Waals surface area contributed by atoms with Crippen LogP contribution in [0.4, 0.5) is 0 Å². The normalized spacial score (nSPS) is 13.8. The summed E-state index contributed by atoms with van der Waals surface area (Å²) >= 11 is 0. The number of ether oxygens (including phenoxy) is 4. The number of esters is 4. The van der Waals surface area contributed by atoms with Gasteiger partial charge in [0.2, 0.25) is 0 Å². The van der Waals surface area contributed by atoms with Gasteiger partial charge in [-0.05, 0) is 43.4 Å². The van der Waals surface area contributed by atoms with E-state index in [0.29, 0.717) is 25.7 Å². The van der Waals surface area contributed by atoms with Gasteiger partial charge in [-0.3, -0.25) is 37.3 Å². The van der Waals surface area contributed by atoms with E-state index in [2.05, 4.69) is 48.5 Å². The standard InChI is InChI=1S/C90H176O17P2/c1-8-9-10-11-12-13-14-15-16-17-18-19-20-21-22-27-33-38-43-52-59-66-73-89(94)106-85(77-100-87(92)71-64-57-50-42-37-32-26-24-23-25-30-35-40-47-54-61-68-81(2)3)79-104-108(96,97)102-75-84(91)76-103-109(98,99)105-80-86(78-101-88(93)72-65-58-51-46-45-49-56-63-70-83(6)7)107-90(95)74-67-60-53-44-39-34-29-28-31-36-41-48-55-62-69-82(4)5/h81-86,91H,8-80H2,1-7H3,(H,96,97)(H,98,99)/t84-,85-,86-/m1/s1. The zero-order valence-electron chi connectivity index (χ0n) is 72.0. The van der Waals surface area contributed by atoms with Crippen LogP contribution < -0.4 is 0 Å². The lowest BCUT2D eigenvalue weighted by Crippen LogP contribution is -2.30. The number of hydrogen-bond acceptors (Lipinski definition) is 15. The molecule has 0 bridgehead atoms. The second kappa shape index (κ2) is 79.9. The van der Waals surface area contributed by atoms with Gasteiger partial charge in [-0.2, -0.15) is 0 Å². The first kappa shape index (κ1) is 107. The second-order valence-electron chi connectivity index (χ2n) is 33.8. The van der Waals surface area contributed by atoms with Gasteiger partial charge in [0.15, 0.2) is 12.2 Å². The zero-order valence-corrected chi connectivity index (χ0v) is 73.8. The quantitative estimate of drug-likeness (QED) is 0.0222. The van der Waals surface area contributed by atoms with Crippen molar-refractivity contribution in [2.75, 3.05) is 39.6 Å². The molecule has 0 saturated carbocycles. The predicted octanol–water partition coefficient (Wildman–Crippen LogP) is 27.6. The Balaban J connectivity index is 5.23. The molecule has 0 aromatic rings. The summed E-state index contributed by atoms with van der Waals surface area (Å²) in [5.74, 6) is 0.233. The molecule has 2 unspecified atom stereocenters. The minimum Gasteiger partial charge on any atom is -0.462 e. The molecule has 0 spiro atoms. The summed E-state index contributed by atoms with van der Waals surface area (Å²) in [7, 11) is -9.93. The fraction of sp³-hybridized carbons (Fsp3) is 0.956. The third-order valence-electron chi connectivity index (χ3n) is 21.1. The van der Waals surface area contributed by atoms with E-state index in [-0.39, 0.29) is 25.7 Å². The van der Waals surface area contributed by atoms with Crippen molar-refractivity contribution in [1.82, 2.24) is 0 Å². The molecule has 3 N–H and O–H groups in total. The van der Waals surface area contributed by atoms with Crippen LogP contribution in [0.15, 0.2) is 0 Å². The molecule has 17 nitrogen and oxygen atoms in total. The van der Waals surface area contributed by atoms with Crippen LogP contribution in [0.3, 0.4) is 0 Å². The van der Waals surface area contributed by atoms with Crippen molar-refractivity contribution in [1.29, 1.82) is 0 Å². The maximum absolute atomic E-state index is 13.2. The molecule has 0 aliphatic carbocycles. The van der Waals surface area contributed by atoms with Crippen molar-refractivity contribution in [2.45, 2.75) is 497 Å². The Labute approximate surface area is 670 Å².